The Morgan fingerprint density at radius 2 is 1.85 bits per heavy atom. The van der Waals surface area contributed by atoms with Crippen LogP contribution in [0.1, 0.15) is 5.56 Å². The van der Waals surface area contributed by atoms with Crippen LogP contribution < -0.4 is 10.5 Å². The molecule has 0 aliphatic rings. The van der Waals surface area contributed by atoms with Gasteiger partial charge in [-0.15, -0.1) is 13.2 Å². The van der Waals surface area contributed by atoms with E-state index in [9.17, 15) is 13.2 Å². The molecule has 0 radical (unpaired) electrons. The molecule has 6 heteroatoms. The third-order valence-electron chi connectivity index (χ3n) is 2.67. The summed E-state index contributed by atoms with van der Waals surface area (Å²) in [5.74, 6) is -0.280. The summed E-state index contributed by atoms with van der Waals surface area (Å²) >= 11 is 5.92. The van der Waals surface area contributed by atoms with Gasteiger partial charge in [-0.1, -0.05) is 29.8 Å². The summed E-state index contributed by atoms with van der Waals surface area (Å²) in [4.78, 5) is 0. The molecule has 0 heterocycles. The summed E-state index contributed by atoms with van der Waals surface area (Å²) < 4.78 is 40.6. The lowest BCUT2D eigenvalue weighted by Crippen LogP contribution is -2.17. The summed E-state index contributed by atoms with van der Waals surface area (Å²) in [5.41, 5.74) is 7.67. The van der Waals surface area contributed by atoms with E-state index < -0.39 is 6.36 Å². The molecule has 106 valence electrons. The zero-order valence-corrected chi connectivity index (χ0v) is 11.0. The second-order valence-corrected chi connectivity index (χ2v) is 4.52. The van der Waals surface area contributed by atoms with Crippen molar-refractivity contribution in [3.05, 3.63) is 53.1 Å². The number of hydrogen-bond donors (Lipinski definition) is 1. The average Bonchev–Trinajstić information content (AvgIpc) is 2.37. The van der Waals surface area contributed by atoms with Crippen molar-refractivity contribution < 1.29 is 17.9 Å². The Morgan fingerprint density at radius 1 is 1.10 bits per heavy atom. The first-order valence-corrected chi connectivity index (χ1v) is 6.11. The van der Waals surface area contributed by atoms with Crippen molar-refractivity contribution in [1.82, 2.24) is 0 Å². The Morgan fingerprint density at radius 3 is 2.50 bits per heavy atom. The predicted molar refractivity (Wildman–Crippen MR) is 71.5 cm³/mol. The van der Waals surface area contributed by atoms with Gasteiger partial charge in [-0.05, 0) is 41.0 Å². The standard InChI is InChI=1S/C14H11ClF3NO/c15-11-5-4-10(8-19)13(7-11)9-2-1-3-12(6-9)20-14(16,17)18/h1-7H,8,19H2. The van der Waals surface area contributed by atoms with Crippen molar-refractivity contribution in [3.8, 4) is 16.9 Å². The van der Waals surface area contributed by atoms with Gasteiger partial charge in [-0.2, -0.15) is 0 Å². The normalized spacial score (nSPS) is 11.4. The van der Waals surface area contributed by atoms with Crippen LogP contribution in [0, 0.1) is 0 Å². The first-order chi connectivity index (χ1) is 9.39. The quantitative estimate of drug-likeness (QED) is 0.914. The van der Waals surface area contributed by atoms with Crippen LogP contribution in [-0.4, -0.2) is 6.36 Å². The van der Waals surface area contributed by atoms with E-state index in [0.29, 0.717) is 16.1 Å². The largest absolute Gasteiger partial charge is 0.573 e. The van der Waals surface area contributed by atoms with E-state index in [1.165, 1.54) is 18.2 Å². The van der Waals surface area contributed by atoms with Gasteiger partial charge < -0.3 is 10.5 Å². The maximum Gasteiger partial charge on any atom is 0.573 e. The summed E-state index contributed by atoms with van der Waals surface area (Å²) in [6, 6.07) is 10.8. The van der Waals surface area contributed by atoms with Crippen LogP contribution in [-0.2, 0) is 6.54 Å². The summed E-state index contributed by atoms with van der Waals surface area (Å²) in [7, 11) is 0. The summed E-state index contributed by atoms with van der Waals surface area (Å²) in [6.45, 7) is 0.261. The van der Waals surface area contributed by atoms with Crippen molar-refractivity contribution >= 4 is 11.6 Å². The van der Waals surface area contributed by atoms with Crippen LogP contribution in [0.5, 0.6) is 5.75 Å². The van der Waals surface area contributed by atoms with Crippen LogP contribution in [0.2, 0.25) is 5.02 Å². The first-order valence-electron chi connectivity index (χ1n) is 5.74. The molecular formula is C14H11ClF3NO. The van der Waals surface area contributed by atoms with Gasteiger partial charge in [0.05, 0.1) is 0 Å². The molecule has 0 unspecified atom stereocenters. The van der Waals surface area contributed by atoms with Gasteiger partial charge in [-0.3, -0.25) is 0 Å². The molecule has 2 nitrogen and oxygen atoms in total. The van der Waals surface area contributed by atoms with Gasteiger partial charge in [-0.25, -0.2) is 0 Å². The maximum atomic E-state index is 12.2. The molecule has 0 bridgehead atoms. The highest BCUT2D eigenvalue weighted by molar-refractivity contribution is 6.30. The molecule has 0 amide bonds. The number of ether oxygens (including phenoxy) is 1. The zero-order chi connectivity index (χ0) is 14.8. The molecule has 0 atom stereocenters. The van der Waals surface area contributed by atoms with E-state index in [2.05, 4.69) is 4.74 Å². The Bertz CT molecular complexity index is 614. The second kappa shape index (κ2) is 5.73. The molecule has 2 rings (SSSR count). The van der Waals surface area contributed by atoms with Crippen molar-refractivity contribution in [1.29, 1.82) is 0 Å². The van der Waals surface area contributed by atoms with E-state index >= 15 is 0 Å². The van der Waals surface area contributed by atoms with Gasteiger partial charge in [0.1, 0.15) is 5.75 Å². The molecule has 0 aliphatic carbocycles. The third kappa shape index (κ3) is 3.65. The minimum absolute atomic E-state index is 0.261. The van der Waals surface area contributed by atoms with Crippen LogP contribution >= 0.6 is 11.6 Å². The summed E-state index contributed by atoms with van der Waals surface area (Å²) in [5, 5.41) is 0.486. The summed E-state index contributed by atoms with van der Waals surface area (Å²) in [6.07, 6.45) is -4.72. The first kappa shape index (κ1) is 14.7. The molecule has 0 aliphatic heterocycles. The molecule has 0 aromatic heterocycles. The number of hydrogen-bond acceptors (Lipinski definition) is 2. The topological polar surface area (TPSA) is 35.2 Å². The van der Waals surface area contributed by atoms with Crippen LogP contribution in [0.3, 0.4) is 0 Å². The van der Waals surface area contributed by atoms with Crippen molar-refractivity contribution in [3.63, 3.8) is 0 Å². The van der Waals surface area contributed by atoms with Gasteiger partial charge >= 0.3 is 6.36 Å². The zero-order valence-electron chi connectivity index (χ0n) is 10.2. The molecule has 2 aromatic rings. The second-order valence-electron chi connectivity index (χ2n) is 4.08. The van der Waals surface area contributed by atoms with Crippen LogP contribution in [0.25, 0.3) is 11.1 Å². The number of benzene rings is 2. The van der Waals surface area contributed by atoms with E-state index in [4.69, 9.17) is 17.3 Å². The van der Waals surface area contributed by atoms with Gasteiger partial charge in [0, 0.05) is 11.6 Å². The molecule has 0 fully saturated rings. The predicted octanol–water partition coefficient (Wildman–Crippen LogP) is 4.36. The lowest BCUT2D eigenvalue weighted by Gasteiger charge is -2.12. The Hall–Kier alpha value is -1.72. The van der Waals surface area contributed by atoms with E-state index in [-0.39, 0.29) is 12.3 Å². The monoisotopic (exact) mass is 301 g/mol. The third-order valence-corrected chi connectivity index (χ3v) is 2.91. The highest BCUT2D eigenvalue weighted by Crippen LogP contribution is 2.31. The Labute approximate surface area is 118 Å². The van der Waals surface area contributed by atoms with Gasteiger partial charge in [0.15, 0.2) is 0 Å². The number of halogens is 4. The average molecular weight is 302 g/mol. The van der Waals surface area contributed by atoms with Crippen LogP contribution in [0.15, 0.2) is 42.5 Å². The number of rotatable bonds is 3. The van der Waals surface area contributed by atoms with Gasteiger partial charge in [0.25, 0.3) is 0 Å². The molecular weight excluding hydrogens is 291 g/mol. The Kier molecular flexibility index (Phi) is 4.20. The molecule has 0 saturated carbocycles. The molecule has 2 N–H and O–H groups in total. The van der Waals surface area contributed by atoms with E-state index in [1.54, 1.807) is 24.3 Å². The maximum absolute atomic E-state index is 12.2. The van der Waals surface area contributed by atoms with E-state index in [1.807, 2.05) is 0 Å². The SMILES string of the molecule is NCc1ccc(Cl)cc1-c1cccc(OC(F)(F)F)c1. The highest BCUT2D eigenvalue weighted by Gasteiger charge is 2.31. The minimum Gasteiger partial charge on any atom is -0.406 e. The smallest absolute Gasteiger partial charge is 0.406 e. The molecule has 2 aromatic carbocycles. The molecule has 0 saturated heterocycles. The number of nitrogens with two attached hydrogens (primary N) is 1. The minimum atomic E-state index is -4.72. The number of alkyl halides is 3. The van der Waals surface area contributed by atoms with Crippen LogP contribution in [0.4, 0.5) is 13.2 Å². The fraction of sp³-hybridized carbons (Fsp3) is 0.143. The lowest BCUT2D eigenvalue weighted by molar-refractivity contribution is -0.274. The molecule has 20 heavy (non-hydrogen) atoms. The van der Waals surface area contributed by atoms with Gasteiger partial charge in [0.2, 0.25) is 0 Å². The fourth-order valence-corrected chi connectivity index (χ4v) is 2.03. The highest BCUT2D eigenvalue weighted by atomic mass is 35.5. The molecule has 0 spiro atoms. The van der Waals surface area contributed by atoms with Crippen molar-refractivity contribution in [2.45, 2.75) is 12.9 Å². The van der Waals surface area contributed by atoms with E-state index in [0.717, 1.165) is 5.56 Å². The Balaban J connectivity index is 2.43. The lowest BCUT2D eigenvalue weighted by atomic mass is 9.99. The fourth-order valence-electron chi connectivity index (χ4n) is 1.86. The van der Waals surface area contributed by atoms with Crippen molar-refractivity contribution in [2.24, 2.45) is 5.73 Å². The van der Waals surface area contributed by atoms with Crippen molar-refractivity contribution in [2.75, 3.05) is 0 Å².